The summed E-state index contributed by atoms with van der Waals surface area (Å²) >= 11 is 0. The van der Waals surface area contributed by atoms with Gasteiger partial charge in [-0.2, -0.15) is 0 Å². The average molecular weight is 286 g/mol. The molecule has 0 saturated carbocycles. The molecule has 3 atom stereocenters. The van der Waals surface area contributed by atoms with Crippen LogP contribution in [0.2, 0.25) is 0 Å². The quantitative estimate of drug-likeness (QED) is 0.906. The molecule has 3 nitrogen and oxygen atoms in total. The molecule has 2 heterocycles. The average Bonchev–Trinajstić information content (AvgIpc) is 2.96. The number of amides is 1. The van der Waals surface area contributed by atoms with Crippen molar-refractivity contribution in [3.05, 3.63) is 35.4 Å². The summed E-state index contributed by atoms with van der Waals surface area (Å²) in [6, 6.07) is 9.28. The number of nitrogens with one attached hydrogen (secondary N) is 1. The summed E-state index contributed by atoms with van der Waals surface area (Å²) in [6.45, 7) is 6.24. The maximum Gasteiger partial charge on any atom is 0.226 e. The smallest absolute Gasteiger partial charge is 0.226 e. The molecular weight excluding hydrogens is 260 g/mol. The van der Waals surface area contributed by atoms with E-state index in [0.717, 1.165) is 38.8 Å². The van der Waals surface area contributed by atoms with Crippen molar-refractivity contribution in [3.63, 3.8) is 0 Å². The lowest BCUT2D eigenvalue weighted by molar-refractivity contribution is -0.137. The van der Waals surface area contributed by atoms with Crippen LogP contribution in [0.4, 0.5) is 0 Å². The molecule has 3 rings (SSSR count). The van der Waals surface area contributed by atoms with Crippen molar-refractivity contribution in [2.75, 3.05) is 13.1 Å². The molecular formula is C18H26N2O. The van der Waals surface area contributed by atoms with E-state index >= 15 is 0 Å². The molecule has 0 radical (unpaired) electrons. The van der Waals surface area contributed by atoms with Crippen LogP contribution in [0.15, 0.2) is 24.3 Å². The maximum atomic E-state index is 12.9. The fourth-order valence-electron chi connectivity index (χ4n) is 3.91. The van der Waals surface area contributed by atoms with Crippen LogP contribution in [0.3, 0.4) is 0 Å². The lowest BCUT2D eigenvalue weighted by atomic mass is 9.91. The van der Waals surface area contributed by atoms with Gasteiger partial charge in [-0.15, -0.1) is 0 Å². The molecule has 2 aliphatic rings. The summed E-state index contributed by atoms with van der Waals surface area (Å²) in [7, 11) is 0. The first-order chi connectivity index (χ1) is 10.2. The first-order valence-corrected chi connectivity index (χ1v) is 8.26. The van der Waals surface area contributed by atoms with Gasteiger partial charge in [-0.05, 0) is 57.2 Å². The predicted molar refractivity (Wildman–Crippen MR) is 85.1 cm³/mol. The van der Waals surface area contributed by atoms with E-state index in [0.29, 0.717) is 18.0 Å². The number of hydrogen-bond donors (Lipinski definition) is 1. The zero-order chi connectivity index (χ0) is 14.8. The molecule has 3 unspecified atom stereocenters. The van der Waals surface area contributed by atoms with Crippen LogP contribution in [0, 0.1) is 12.8 Å². The Bertz CT molecular complexity index is 514. The molecule has 21 heavy (non-hydrogen) atoms. The van der Waals surface area contributed by atoms with Crippen molar-refractivity contribution in [2.24, 2.45) is 5.92 Å². The fraction of sp³-hybridized carbons (Fsp3) is 0.611. The number of carbonyl (C=O) groups is 1. The van der Waals surface area contributed by atoms with Gasteiger partial charge in [0, 0.05) is 18.5 Å². The lowest BCUT2D eigenvalue weighted by Gasteiger charge is -2.33. The third kappa shape index (κ3) is 2.98. The number of benzene rings is 1. The Morgan fingerprint density at radius 3 is 2.86 bits per heavy atom. The first-order valence-electron chi connectivity index (χ1n) is 8.26. The third-order valence-electron chi connectivity index (χ3n) is 5.06. The van der Waals surface area contributed by atoms with Gasteiger partial charge in [0.05, 0.1) is 6.04 Å². The van der Waals surface area contributed by atoms with E-state index in [1.807, 2.05) is 0 Å². The van der Waals surface area contributed by atoms with Crippen molar-refractivity contribution in [1.29, 1.82) is 0 Å². The number of aryl methyl sites for hydroxylation is 1. The van der Waals surface area contributed by atoms with E-state index in [-0.39, 0.29) is 5.92 Å². The van der Waals surface area contributed by atoms with Gasteiger partial charge in [0.2, 0.25) is 5.91 Å². The summed E-state index contributed by atoms with van der Waals surface area (Å²) in [5.74, 6) is 0.597. The molecule has 3 heteroatoms. The second-order valence-corrected chi connectivity index (χ2v) is 6.62. The summed E-state index contributed by atoms with van der Waals surface area (Å²) in [5.41, 5.74) is 2.64. The Morgan fingerprint density at radius 2 is 2.10 bits per heavy atom. The number of hydrogen-bond acceptors (Lipinski definition) is 2. The molecule has 0 spiro atoms. The Morgan fingerprint density at radius 1 is 1.29 bits per heavy atom. The summed E-state index contributed by atoms with van der Waals surface area (Å²) in [5, 5.41) is 3.44. The number of rotatable bonds is 2. The van der Waals surface area contributed by atoms with Crippen LogP contribution in [0.5, 0.6) is 0 Å². The van der Waals surface area contributed by atoms with Crippen LogP contribution in [-0.2, 0) is 4.79 Å². The first kappa shape index (κ1) is 14.6. The third-order valence-corrected chi connectivity index (χ3v) is 5.06. The van der Waals surface area contributed by atoms with E-state index in [1.165, 1.54) is 11.1 Å². The highest BCUT2D eigenvalue weighted by Gasteiger charge is 2.35. The van der Waals surface area contributed by atoms with Gasteiger partial charge < -0.3 is 10.2 Å². The van der Waals surface area contributed by atoms with E-state index in [9.17, 15) is 4.79 Å². The summed E-state index contributed by atoms with van der Waals surface area (Å²) in [6.07, 6.45) is 4.21. The topological polar surface area (TPSA) is 32.3 Å². The minimum atomic E-state index is 0.214. The molecule has 1 N–H and O–H groups in total. The molecule has 2 aliphatic heterocycles. The fourth-order valence-corrected chi connectivity index (χ4v) is 3.91. The lowest BCUT2D eigenvalue weighted by Crippen LogP contribution is -2.44. The van der Waals surface area contributed by atoms with Crippen molar-refractivity contribution < 1.29 is 4.79 Å². The molecule has 1 amide bonds. The van der Waals surface area contributed by atoms with Crippen molar-refractivity contribution >= 4 is 5.91 Å². The maximum absolute atomic E-state index is 12.9. The van der Waals surface area contributed by atoms with Gasteiger partial charge in [0.1, 0.15) is 0 Å². The summed E-state index contributed by atoms with van der Waals surface area (Å²) < 4.78 is 0. The van der Waals surface area contributed by atoms with E-state index in [2.05, 4.69) is 48.3 Å². The molecule has 2 saturated heterocycles. The zero-order valence-electron chi connectivity index (χ0n) is 13.1. The van der Waals surface area contributed by atoms with E-state index in [4.69, 9.17) is 0 Å². The van der Waals surface area contributed by atoms with Crippen LogP contribution >= 0.6 is 0 Å². The Balaban J connectivity index is 1.77. The molecule has 0 bridgehead atoms. The summed E-state index contributed by atoms with van der Waals surface area (Å²) in [4.78, 5) is 15.1. The second kappa shape index (κ2) is 6.18. The van der Waals surface area contributed by atoms with Gasteiger partial charge in [-0.25, -0.2) is 0 Å². The highest BCUT2D eigenvalue weighted by atomic mass is 16.2. The highest BCUT2D eigenvalue weighted by molar-refractivity contribution is 5.80. The van der Waals surface area contributed by atoms with Gasteiger partial charge >= 0.3 is 0 Å². The van der Waals surface area contributed by atoms with E-state index in [1.54, 1.807) is 0 Å². The number of nitrogens with zero attached hydrogens (tertiary/aromatic N) is 1. The van der Waals surface area contributed by atoms with Gasteiger partial charge in [-0.1, -0.05) is 24.3 Å². The molecule has 0 aromatic heterocycles. The monoisotopic (exact) mass is 286 g/mol. The Hall–Kier alpha value is -1.35. The number of carbonyl (C=O) groups excluding carboxylic acids is 1. The minimum absolute atomic E-state index is 0.214. The van der Waals surface area contributed by atoms with Crippen LogP contribution in [0.25, 0.3) is 0 Å². The largest absolute Gasteiger partial charge is 0.335 e. The van der Waals surface area contributed by atoms with Crippen LogP contribution < -0.4 is 5.32 Å². The molecule has 1 aromatic rings. The van der Waals surface area contributed by atoms with Gasteiger partial charge in [-0.3, -0.25) is 4.79 Å². The predicted octanol–water partition coefficient (Wildman–Crippen LogP) is 3.05. The molecule has 114 valence electrons. The normalized spacial score (nSPS) is 29.6. The number of piperidine rings is 1. The van der Waals surface area contributed by atoms with Crippen molar-refractivity contribution in [1.82, 2.24) is 10.2 Å². The molecule has 0 aliphatic carbocycles. The Kier molecular flexibility index (Phi) is 4.29. The van der Waals surface area contributed by atoms with Gasteiger partial charge in [0.15, 0.2) is 0 Å². The van der Waals surface area contributed by atoms with E-state index < -0.39 is 0 Å². The zero-order valence-corrected chi connectivity index (χ0v) is 13.1. The molecule has 1 aromatic carbocycles. The Labute approximate surface area is 127 Å². The molecule has 2 fully saturated rings. The standard InChI is InChI=1S/C18H26N2O/c1-13-6-3-4-7-16(13)17-8-5-11-20(17)18(21)15-9-10-19-14(2)12-15/h3-4,6-7,14-15,17,19H,5,8-12H2,1-2H3. The highest BCUT2D eigenvalue weighted by Crippen LogP contribution is 2.35. The van der Waals surface area contributed by atoms with Crippen molar-refractivity contribution in [2.45, 2.75) is 51.6 Å². The van der Waals surface area contributed by atoms with Gasteiger partial charge in [0.25, 0.3) is 0 Å². The second-order valence-electron chi connectivity index (χ2n) is 6.62. The SMILES string of the molecule is Cc1ccccc1C1CCCN1C(=O)C1CCNC(C)C1. The minimum Gasteiger partial charge on any atom is -0.335 e. The van der Waals surface area contributed by atoms with Crippen LogP contribution in [0.1, 0.15) is 49.8 Å². The van der Waals surface area contributed by atoms with Crippen LogP contribution in [-0.4, -0.2) is 29.9 Å². The number of likely N-dealkylation sites (tertiary alicyclic amines) is 1. The van der Waals surface area contributed by atoms with Crippen molar-refractivity contribution in [3.8, 4) is 0 Å².